The maximum atomic E-state index is 7.57. The fourth-order valence-electron chi connectivity index (χ4n) is 0. The first-order valence-electron chi connectivity index (χ1n) is 2.51. The summed E-state index contributed by atoms with van der Waals surface area (Å²) in [7, 11) is 2.66. The molecule has 0 aromatic rings. The van der Waals surface area contributed by atoms with Gasteiger partial charge in [0.2, 0.25) is 0 Å². The second kappa shape index (κ2) is 16.0. The fraction of sp³-hybridized carbons (Fsp3) is 1.00. The second-order valence-corrected chi connectivity index (χ2v) is 2.89. The smallest absolute Gasteiger partial charge is 0.0402 e. The van der Waals surface area contributed by atoms with Gasteiger partial charge in [-0.05, 0) is 12.6 Å². The van der Waals surface area contributed by atoms with Gasteiger partial charge in [0.25, 0.3) is 0 Å². The van der Waals surface area contributed by atoms with E-state index >= 15 is 0 Å². The Bertz CT molecular complexity index is 23.6. The van der Waals surface area contributed by atoms with Crippen LogP contribution in [0.4, 0.5) is 0 Å². The van der Waals surface area contributed by atoms with Crippen LogP contribution in [0.25, 0.3) is 0 Å². The summed E-state index contributed by atoms with van der Waals surface area (Å²) in [6.45, 7) is 6.19. The summed E-state index contributed by atoms with van der Waals surface area (Å²) >= 11 is 0. The number of hydrogen-bond donors (Lipinski definition) is 1. The van der Waals surface area contributed by atoms with Gasteiger partial charge in [0.1, 0.15) is 0 Å². The van der Waals surface area contributed by atoms with Crippen LogP contribution in [0.1, 0.15) is 20.8 Å². The molecule has 0 aliphatic rings. The van der Waals surface area contributed by atoms with Crippen molar-refractivity contribution in [3.05, 3.63) is 0 Å². The van der Waals surface area contributed by atoms with Crippen LogP contribution >= 0.6 is 9.24 Å². The van der Waals surface area contributed by atoms with Crippen LogP contribution in [-0.4, -0.2) is 17.4 Å². The number of aliphatic hydroxyl groups is 1. The van der Waals surface area contributed by atoms with Crippen LogP contribution in [0.2, 0.25) is 0 Å². The Kier molecular flexibility index (Phi) is 33.0. The van der Waals surface area contributed by atoms with Gasteiger partial charge in [-0.3, -0.25) is 0 Å². The molecule has 1 unspecified atom stereocenters. The predicted octanol–water partition coefficient (Wildman–Crippen LogP) is 1.27. The molecule has 8 heavy (non-hydrogen) atoms. The van der Waals surface area contributed by atoms with E-state index in [1.54, 1.807) is 6.92 Å². The molecular formula is C5H15EuOP. The van der Waals surface area contributed by atoms with Crippen LogP contribution in [0.15, 0.2) is 0 Å². The van der Waals surface area contributed by atoms with Crippen molar-refractivity contribution in [1.29, 1.82) is 0 Å². The third-order valence-corrected chi connectivity index (χ3v) is 0. The molecule has 1 radical (unpaired) electrons. The Balaban J connectivity index is -0.0000000575. The van der Waals surface area contributed by atoms with Gasteiger partial charge in [-0.15, -0.1) is 9.24 Å². The first-order valence-corrected chi connectivity index (χ1v) is 3.18. The first kappa shape index (κ1) is 16.5. The quantitative estimate of drug-likeness (QED) is 0.659. The average Bonchev–Trinajstić information content (AvgIpc) is 1.33. The molecule has 0 fully saturated rings. The van der Waals surface area contributed by atoms with E-state index in [1.165, 1.54) is 0 Å². The van der Waals surface area contributed by atoms with E-state index in [0.29, 0.717) is 0 Å². The predicted molar refractivity (Wildman–Crippen MR) is 37.6 cm³/mol. The molecule has 1 nitrogen and oxygen atoms in total. The van der Waals surface area contributed by atoms with Crippen molar-refractivity contribution in [2.24, 2.45) is 0 Å². The Hall–Kier alpha value is 1.97. The van der Waals surface area contributed by atoms with Crippen LogP contribution in [0.3, 0.4) is 0 Å². The molecule has 0 rings (SSSR count). The van der Waals surface area contributed by atoms with Crippen molar-refractivity contribution in [1.82, 2.24) is 0 Å². The third kappa shape index (κ3) is 99.5. The molecule has 53 valence electrons. The van der Waals surface area contributed by atoms with E-state index in [4.69, 9.17) is 5.11 Å². The van der Waals surface area contributed by atoms with E-state index in [2.05, 4.69) is 23.1 Å². The van der Waals surface area contributed by atoms with E-state index in [9.17, 15) is 0 Å². The summed E-state index contributed by atoms with van der Waals surface area (Å²) in [4.78, 5) is 0. The van der Waals surface area contributed by atoms with Crippen molar-refractivity contribution >= 4 is 9.24 Å². The summed E-state index contributed by atoms with van der Waals surface area (Å²) < 4.78 is 0. The van der Waals surface area contributed by atoms with Crippen LogP contribution < -0.4 is 0 Å². The second-order valence-electron chi connectivity index (χ2n) is 1.56. The van der Waals surface area contributed by atoms with Crippen LogP contribution in [0.5, 0.6) is 0 Å². The Morgan fingerprint density at radius 2 is 1.50 bits per heavy atom. The molecule has 0 aromatic heterocycles. The minimum Gasteiger partial charge on any atom is -0.397 e. The minimum atomic E-state index is 0. The molecule has 0 amide bonds. The zero-order valence-electron chi connectivity index (χ0n) is 5.69. The minimum absolute atomic E-state index is 0. The molecule has 1 atom stereocenters. The van der Waals surface area contributed by atoms with Crippen molar-refractivity contribution < 1.29 is 54.5 Å². The van der Waals surface area contributed by atoms with Gasteiger partial charge in [0.05, 0.1) is 0 Å². The Morgan fingerprint density at radius 1 is 1.50 bits per heavy atom. The zero-order valence-corrected chi connectivity index (χ0v) is 9.27. The molecule has 3 heteroatoms. The van der Waals surface area contributed by atoms with Gasteiger partial charge in [0, 0.05) is 56.0 Å². The topological polar surface area (TPSA) is 20.2 Å². The monoisotopic (exact) mass is 275 g/mol. The molecule has 0 spiro atoms. The van der Waals surface area contributed by atoms with Gasteiger partial charge in [-0.25, -0.2) is 0 Å². The van der Waals surface area contributed by atoms with Crippen molar-refractivity contribution in [2.45, 2.75) is 26.4 Å². The average molecular weight is 274 g/mol. The van der Waals surface area contributed by atoms with E-state index in [0.717, 1.165) is 5.66 Å². The number of aliphatic hydroxyl groups excluding tert-OH is 1. The zero-order chi connectivity index (χ0) is 6.28. The summed E-state index contributed by atoms with van der Waals surface area (Å²) in [5, 5.41) is 7.57. The van der Waals surface area contributed by atoms with Crippen molar-refractivity contribution in [3.8, 4) is 0 Å². The van der Waals surface area contributed by atoms with E-state index < -0.39 is 0 Å². The maximum absolute atomic E-state index is 7.57. The van der Waals surface area contributed by atoms with Crippen molar-refractivity contribution in [2.75, 3.05) is 6.61 Å². The summed E-state index contributed by atoms with van der Waals surface area (Å²) in [6, 6.07) is 0. The first-order chi connectivity index (χ1) is 3.15. The Morgan fingerprint density at radius 3 is 1.50 bits per heavy atom. The summed E-state index contributed by atoms with van der Waals surface area (Å²) in [5.74, 6) is 0. The number of hydrogen-bond acceptors (Lipinski definition) is 1. The maximum Gasteiger partial charge on any atom is 0.0402 e. The van der Waals surface area contributed by atoms with Gasteiger partial charge in [-0.1, -0.05) is 13.8 Å². The molecule has 0 heterocycles. The molecule has 0 bridgehead atoms. The molecule has 0 aliphatic carbocycles. The van der Waals surface area contributed by atoms with E-state index in [-0.39, 0.29) is 56.0 Å². The van der Waals surface area contributed by atoms with Crippen molar-refractivity contribution in [3.63, 3.8) is 0 Å². The molecule has 0 aliphatic heterocycles. The fourth-order valence-corrected chi connectivity index (χ4v) is 0. The van der Waals surface area contributed by atoms with Gasteiger partial charge >= 0.3 is 0 Å². The SMILES string of the molecule is CC(C)P.CCO.[Eu]. The number of rotatable bonds is 0. The van der Waals surface area contributed by atoms with Crippen LogP contribution in [0, 0.1) is 49.4 Å². The Labute approximate surface area is 95.4 Å². The van der Waals surface area contributed by atoms with Gasteiger partial charge in [0.15, 0.2) is 0 Å². The standard InChI is InChI=1S/C3H9P.C2H6O.Eu/c1-3(2)4;1-2-3;/h3H,4H2,1-2H3;3H,2H2,1H3;. The summed E-state index contributed by atoms with van der Waals surface area (Å²) in [5.41, 5.74) is 0.750. The summed E-state index contributed by atoms with van der Waals surface area (Å²) in [6.07, 6.45) is 0. The largest absolute Gasteiger partial charge is 0.397 e. The molecule has 0 saturated carbocycles. The molecule has 0 saturated heterocycles. The van der Waals surface area contributed by atoms with Crippen LogP contribution in [-0.2, 0) is 0 Å². The third-order valence-electron chi connectivity index (χ3n) is 0. The molecule has 1 N–H and O–H groups in total. The van der Waals surface area contributed by atoms with E-state index in [1.807, 2.05) is 0 Å². The normalized spacial score (nSPS) is 6.75. The molecule has 0 aromatic carbocycles. The van der Waals surface area contributed by atoms with Gasteiger partial charge in [-0.2, -0.15) is 0 Å². The van der Waals surface area contributed by atoms with Gasteiger partial charge < -0.3 is 5.11 Å². The molecular weight excluding hydrogens is 259 g/mol.